The van der Waals surface area contributed by atoms with Crippen LogP contribution in [0.2, 0.25) is 0 Å². The molecule has 0 aliphatic heterocycles. The molecule has 216 valence electrons. The first kappa shape index (κ1) is 27.1. The van der Waals surface area contributed by atoms with E-state index in [0.717, 1.165) is 28.1 Å². The molecule has 0 radical (unpaired) electrons. The van der Waals surface area contributed by atoms with Crippen molar-refractivity contribution >= 4 is 32.6 Å². The van der Waals surface area contributed by atoms with E-state index in [4.69, 9.17) is 4.98 Å². The number of para-hydroxylation sites is 3. The molecular formula is C43H34N2. The van der Waals surface area contributed by atoms with Gasteiger partial charge in [0.2, 0.25) is 0 Å². The van der Waals surface area contributed by atoms with Gasteiger partial charge in [-0.2, -0.15) is 0 Å². The molecule has 0 saturated carbocycles. The Hall–Kier alpha value is -5.47. The van der Waals surface area contributed by atoms with Gasteiger partial charge in [-0.15, -0.1) is 0 Å². The van der Waals surface area contributed by atoms with Gasteiger partial charge in [0.05, 0.1) is 11.0 Å². The topological polar surface area (TPSA) is 17.8 Å². The second-order valence-corrected chi connectivity index (χ2v) is 12.8. The van der Waals surface area contributed by atoms with E-state index in [1.54, 1.807) is 0 Å². The molecule has 0 unspecified atom stereocenters. The van der Waals surface area contributed by atoms with Crippen LogP contribution in [0.4, 0.5) is 0 Å². The maximum atomic E-state index is 5.17. The summed E-state index contributed by atoms with van der Waals surface area (Å²) in [7, 11) is 0. The van der Waals surface area contributed by atoms with Crippen LogP contribution in [0.15, 0.2) is 152 Å². The van der Waals surface area contributed by atoms with Crippen molar-refractivity contribution in [2.24, 2.45) is 0 Å². The monoisotopic (exact) mass is 578 g/mol. The Labute approximate surface area is 264 Å². The SMILES string of the molecule is CC(C)(C)c1ccc2c(-c3cccc(-c4nc5ccccc5n4-c4ccccc4)c3)c3ccccc3c(-c3ccccc3)c2c1. The minimum Gasteiger partial charge on any atom is -0.292 e. The molecule has 45 heavy (non-hydrogen) atoms. The summed E-state index contributed by atoms with van der Waals surface area (Å²) < 4.78 is 2.28. The van der Waals surface area contributed by atoms with Gasteiger partial charge in [0, 0.05) is 11.3 Å². The minimum atomic E-state index is 0.0321. The van der Waals surface area contributed by atoms with E-state index in [2.05, 4.69) is 177 Å². The Morgan fingerprint density at radius 1 is 0.467 bits per heavy atom. The lowest BCUT2D eigenvalue weighted by Gasteiger charge is -2.23. The zero-order valence-electron chi connectivity index (χ0n) is 25.8. The van der Waals surface area contributed by atoms with Gasteiger partial charge in [0.1, 0.15) is 5.82 Å². The third kappa shape index (κ3) is 4.62. The number of nitrogens with zero attached hydrogens (tertiary/aromatic N) is 2. The minimum absolute atomic E-state index is 0.0321. The van der Waals surface area contributed by atoms with Crippen LogP contribution < -0.4 is 0 Å². The summed E-state index contributed by atoms with van der Waals surface area (Å²) >= 11 is 0. The van der Waals surface area contributed by atoms with Crippen molar-refractivity contribution in [3.63, 3.8) is 0 Å². The van der Waals surface area contributed by atoms with E-state index in [1.165, 1.54) is 49.4 Å². The van der Waals surface area contributed by atoms with Gasteiger partial charge in [-0.3, -0.25) is 4.57 Å². The van der Waals surface area contributed by atoms with Crippen LogP contribution in [0.25, 0.3) is 71.9 Å². The van der Waals surface area contributed by atoms with Gasteiger partial charge < -0.3 is 0 Å². The predicted molar refractivity (Wildman–Crippen MR) is 191 cm³/mol. The summed E-state index contributed by atoms with van der Waals surface area (Å²) in [6.45, 7) is 6.88. The van der Waals surface area contributed by atoms with Crippen LogP contribution in [-0.2, 0) is 5.41 Å². The van der Waals surface area contributed by atoms with Crippen molar-refractivity contribution in [1.82, 2.24) is 9.55 Å². The fraction of sp³-hybridized carbons (Fsp3) is 0.0930. The van der Waals surface area contributed by atoms with Crippen LogP contribution in [0.3, 0.4) is 0 Å². The molecule has 1 aromatic heterocycles. The number of hydrogen-bond acceptors (Lipinski definition) is 1. The van der Waals surface area contributed by atoms with Gasteiger partial charge >= 0.3 is 0 Å². The van der Waals surface area contributed by atoms with Gasteiger partial charge in [-0.05, 0) is 91.2 Å². The van der Waals surface area contributed by atoms with Crippen molar-refractivity contribution in [2.45, 2.75) is 26.2 Å². The lowest BCUT2D eigenvalue weighted by Crippen LogP contribution is -2.10. The zero-order chi connectivity index (χ0) is 30.5. The fourth-order valence-electron chi connectivity index (χ4n) is 6.74. The molecule has 1 heterocycles. The van der Waals surface area contributed by atoms with Crippen molar-refractivity contribution in [3.8, 4) is 39.3 Å². The van der Waals surface area contributed by atoms with E-state index in [-0.39, 0.29) is 5.41 Å². The predicted octanol–water partition coefficient (Wildman–Crippen LogP) is 11.6. The Balaban J connectivity index is 1.43. The number of hydrogen-bond donors (Lipinski definition) is 0. The molecule has 0 atom stereocenters. The molecule has 8 aromatic rings. The number of fused-ring (bicyclic) bond motifs is 3. The number of benzene rings is 7. The summed E-state index contributed by atoms with van der Waals surface area (Å²) in [5.41, 5.74) is 10.6. The van der Waals surface area contributed by atoms with Crippen molar-refractivity contribution in [3.05, 3.63) is 157 Å². The highest BCUT2D eigenvalue weighted by molar-refractivity contribution is 6.21. The van der Waals surface area contributed by atoms with E-state index in [9.17, 15) is 0 Å². The third-order valence-corrected chi connectivity index (χ3v) is 8.94. The van der Waals surface area contributed by atoms with E-state index >= 15 is 0 Å². The molecule has 0 spiro atoms. The smallest absolute Gasteiger partial charge is 0.145 e. The van der Waals surface area contributed by atoms with Crippen molar-refractivity contribution in [1.29, 1.82) is 0 Å². The highest BCUT2D eigenvalue weighted by Gasteiger charge is 2.21. The average molecular weight is 579 g/mol. The van der Waals surface area contributed by atoms with Gasteiger partial charge in [0.25, 0.3) is 0 Å². The van der Waals surface area contributed by atoms with Crippen LogP contribution >= 0.6 is 0 Å². The summed E-state index contributed by atoms with van der Waals surface area (Å²) in [5, 5.41) is 5.05. The first-order valence-corrected chi connectivity index (χ1v) is 15.7. The Bertz CT molecular complexity index is 2340. The summed E-state index contributed by atoms with van der Waals surface area (Å²) in [5.74, 6) is 0.939. The molecule has 7 aromatic carbocycles. The second kappa shape index (κ2) is 10.6. The molecule has 2 heteroatoms. The van der Waals surface area contributed by atoms with Gasteiger partial charge in [-0.1, -0.05) is 136 Å². The molecule has 2 nitrogen and oxygen atoms in total. The van der Waals surface area contributed by atoms with E-state index < -0.39 is 0 Å². The van der Waals surface area contributed by atoms with E-state index in [0.29, 0.717) is 0 Å². The first-order chi connectivity index (χ1) is 22.0. The Morgan fingerprint density at radius 2 is 1.04 bits per heavy atom. The second-order valence-electron chi connectivity index (χ2n) is 12.8. The molecule has 0 bridgehead atoms. The third-order valence-electron chi connectivity index (χ3n) is 8.94. The molecule has 0 N–H and O–H groups in total. The lowest BCUT2D eigenvalue weighted by atomic mass is 9.81. The quantitative estimate of drug-likeness (QED) is 0.190. The molecular weight excluding hydrogens is 544 g/mol. The highest BCUT2D eigenvalue weighted by atomic mass is 15.1. The molecule has 0 fully saturated rings. The van der Waals surface area contributed by atoms with Gasteiger partial charge in [-0.25, -0.2) is 4.98 Å². The van der Waals surface area contributed by atoms with Gasteiger partial charge in [0.15, 0.2) is 0 Å². The van der Waals surface area contributed by atoms with Crippen LogP contribution in [0, 0.1) is 0 Å². The largest absolute Gasteiger partial charge is 0.292 e. The first-order valence-electron chi connectivity index (χ1n) is 15.7. The zero-order valence-corrected chi connectivity index (χ0v) is 25.8. The maximum Gasteiger partial charge on any atom is 0.145 e. The molecule has 0 aliphatic carbocycles. The lowest BCUT2D eigenvalue weighted by molar-refractivity contribution is 0.591. The van der Waals surface area contributed by atoms with E-state index in [1.807, 2.05) is 0 Å². The molecule has 0 saturated heterocycles. The van der Waals surface area contributed by atoms with Crippen LogP contribution in [-0.4, -0.2) is 9.55 Å². The number of aromatic nitrogens is 2. The van der Waals surface area contributed by atoms with Crippen LogP contribution in [0.5, 0.6) is 0 Å². The number of rotatable bonds is 4. The van der Waals surface area contributed by atoms with Crippen molar-refractivity contribution < 1.29 is 0 Å². The normalized spacial score (nSPS) is 11.9. The maximum absolute atomic E-state index is 5.17. The standard InChI is InChI=1S/C43H34N2/c1-43(2,3)32-25-26-36-37(28-32)40(29-15-6-4-7-16-29)34-21-10-11-22-35(34)41(36)30-17-14-18-31(27-30)42-44-38-23-12-13-24-39(38)45(42)33-19-8-5-9-20-33/h4-28H,1-3H3. The van der Waals surface area contributed by atoms with Crippen molar-refractivity contribution in [2.75, 3.05) is 0 Å². The van der Waals surface area contributed by atoms with Crippen LogP contribution in [0.1, 0.15) is 26.3 Å². The summed E-state index contributed by atoms with van der Waals surface area (Å²) in [6.07, 6.45) is 0. The summed E-state index contributed by atoms with van der Waals surface area (Å²) in [6, 6.07) is 54.7. The Kier molecular flexibility index (Phi) is 6.39. The molecule has 0 amide bonds. The molecule has 0 aliphatic rings. The Morgan fingerprint density at radius 3 is 1.78 bits per heavy atom. The fourth-order valence-corrected chi connectivity index (χ4v) is 6.74. The average Bonchev–Trinajstić information content (AvgIpc) is 3.47. The summed E-state index contributed by atoms with van der Waals surface area (Å²) in [4.78, 5) is 5.17. The number of imidazole rings is 1. The molecule has 8 rings (SSSR count). The highest BCUT2D eigenvalue weighted by Crippen LogP contribution is 2.45.